The molecule has 0 aromatic heterocycles. The van der Waals surface area contributed by atoms with E-state index in [4.69, 9.17) is 9.84 Å². The van der Waals surface area contributed by atoms with Crippen molar-refractivity contribution in [3.05, 3.63) is 0 Å². The van der Waals surface area contributed by atoms with Crippen molar-refractivity contribution in [2.45, 2.75) is 25.0 Å². The van der Waals surface area contributed by atoms with Crippen LogP contribution in [0, 0.1) is 0 Å². The Balaban J connectivity index is 2.04. The van der Waals surface area contributed by atoms with Gasteiger partial charge in [-0.15, -0.1) is 0 Å². The van der Waals surface area contributed by atoms with Crippen LogP contribution in [-0.2, 0) is 14.3 Å². The minimum atomic E-state index is -0.918. The summed E-state index contributed by atoms with van der Waals surface area (Å²) in [4.78, 5) is 24.5. The molecule has 0 aliphatic carbocycles. The van der Waals surface area contributed by atoms with E-state index in [-0.39, 0.29) is 5.91 Å². The van der Waals surface area contributed by atoms with Crippen LogP contribution < -0.4 is 0 Å². The second-order valence-electron chi connectivity index (χ2n) is 3.96. The summed E-state index contributed by atoms with van der Waals surface area (Å²) >= 11 is 1.58. The molecule has 2 heterocycles. The minimum Gasteiger partial charge on any atom is -0.480 e. The number of thioether (sulfide) groups is 1. The van der Waals surface area contributed by atoms with Gasteiger partial charge in [-0.05, 0) is 12.8 Å². The largest absolute Gasteiger partial charge is 0.480 e. The maximum atomic E-state index is 12.0. The zero-order valence-corrected chi connectivity index (χ0v) is 9.74. The number of rotatable bonds is 2. The molecule has 16 heavy (non-hydrogen) atoms. The molecule has 0 spiro atoms. The van der Waals surface area contributed by atoms with Crippen LogP contribution in [0.2, 0.25) is 0 Å². The molecule has 2 fully saturated rings. The molecule has 1 amide bonds. The lowest BCUT2D eigenvalue weighted by molar-refractivity contribution is -0.153. The number of carbonyl (C=O) groups excluding carboxylic acids is 1. The lowest BCUT2D eigenvalue weighted by Crippen LogP contribution is -2.53. The number of hydrogen-bond acceptors (Lipinski definition) is 4. The molecule has 0 radical (unpaired) electrons. The SMILES string of the molecule is O=C(O)C1CSCCN1C(=O)[C@H]1CCCO1. The van der Waals surface area contributed by atoms with Gasteiger partial charge in [-0.1, -0.05) is 0 Å². The van der Waals surface area contributed by atoms with Crippen molar-refractivity contribution < 1.29 is 19.4 Å². The van der Waals surface area contributed by atoms with Crippen molar-refractivity contribution >= 4 is 23.6 Å². The van der Waals surface area contributed by atoms with Crippen LogP contribution in [-0.4, -0.2) is 58.7 Å². The van der Waals surface area contributed by atoms with E-state index < -0.39 is 18.1 Å². The molecule has 0 aromatic carbocycles. The molecule has 5 nitrogen and oxygen atoms in total. The first kappa shape index (κ1) is 11.7. The van der Waals surface area contributed by atoms with Gasteiger partial charge in [-0.3, -0.25) is 4.79 Å². The Morgan fingerprint density at radius 2 is 2.25 bits per heavy atom. The predicted molar refractivity (Wildman–Crippen MR) is 59.4 cm³/mol. The van der Waals surface area contributed by atoms with Gasteiger partial charge in [0.05, 0.1) is 0 Å². The van der Waals surface area contributed by atoms with E-state index in [0.717, 1.165) is 18.6 Å². The van der Waals surface area contributed by atoms with Gasteiger partial charge in [-0.2, -0.15) is 11.8 Å². The summed E-state index contributed by atoms with van der Waals surface area (Å²) in [7, 11) is 0. The van der Waals surface area contributed by atoms with Crippen LogP contribution in [0.4, 0.5) is 0 Å². The Morgan fingerprint density at radius 1 is 1.44 bits per heavy atom. The van der Waals surface area contributed by atoms with Crippen molar-refractivity contribution in [2.75, 3.05) is 24.7 Å². The highest BCUT2D eigenvalue weighted by Gasteiger charge is 2.37. The van der Waals surface area contributed by atoms with Gasteiger partial charge in [0.2, 0.25) is 0 Å². The van der Waals surface area contributed by atoms with Gasteiger partial charge < -0.3 is 14.7 Å². The van der Waals surface area contributed by atoms with Crippen LogP contribution in [0.1, 0.15) is 12.8 Å². The number of amides is 1. The van der Waals surface area contributed by atoms with Gasteiger partial charge in [0.15, 0.2) is 0 Å². The van der Waals surface area contributed by atoms with E-state index in [1.54, 1.807) is 11.8 Å². The van der Waals surface area contributed by atoms with E-state index in [9.17, 15) is 9.59 Å². The zero-order valence-electron chi connectivity index (χ0n) is 8.92. The second kappa shape index (κ2) is 5.05. The summed E-state index contributed by atoms with van der Waals surface area (Å²) in [6, 6.07) is -0.685. The predicted octanol–water partition coefficient (Wildman–Crippen LogP) is 0.194. The first-order valence-electron chi connectivity index (χ1n) is 5.43. The van der Waals surface area contributed by atoms with Crippen molar-refractivity contribution in [2.24, 2.45) is 0 Å². The molecule has 2 aliphatic rings. The molecule has 2 saturated heterocycles. The van der Waals surface area contributed by atoms with E-state index in [1.807, 2.05) is 0 Å². The number of nitrogens with zero attached hydrogens (tertiary/aromatic N) is 1. The first-order valence-corrected chi connectivity index (χ1v) is 6.58. The average molecular weight is 245 g/mol. The quantitative estimate of drug-likeness (QED) is 0.752. The fourth-order valence-corrected chi connectivity index (χ4v) is 3.07. The second-order valence-corrected chi connectivity index (χ2v) is 5.11. The number of carbonyl (C=O) groups is 2. The van der Waals surface area contributed by atoms with E-state index in [2.05, 4.69) is 0 Å². The molecule has 2 rings (SSSR count). The van der Waals surface area contributed by atoms with E-state index in [1.165, 1.54) is 4.90 Å². The topological polar surface area (TPSA) is 66.8 Å². The highest BCUT2D eigenvalue weighted by Crippen LogP contribution is 2.21. The van der Waals surface area contributed by atoms with E-state index in [0.29, 0.717) is 18.9 Å². The molecule has 1 N–H and O–H groups in total. The number of hydrogen-bond donors (Lipinski definition) is 1. The highest BCUT2D eigenvalue weighted by molar-refractivity contribution is 7.99. The number of carboxylic acid groups (broad SMARTS) is 1. The lowest BCUT2D eigenvalue weighted by atomic mass is 10.2. The maximum Gasteiger partial charge on any atom is 0.327 e. The number of carboxylic acids is 1. The molecule has 90 valence electrons. The monoisotopic (exact) mass is 245 g/mol. The Morgan fingerprint density at radius 3 is 2.88 bits per heavy atom. The summed E-state index contributed by atoms with van der Waals surface area (Å²) in [5, 5.41) is 9.05. The standard InChI is InChI=1S/C10H15NO4S/c12-9(8-2-1-4-15-8)11-3-5-16-6-7(11)10(13)14/h7-8H,1-6H2,(H,13,14)/t7?,8-/m1/s1. The third kappa shape index (κ3) is 2.32. The summed E-state index contributed by atoms with van der Waals surface area (Å²) in [5.74, 6) is 0.222. The molecular formula is C10H15NO4S. The van der Waals surface area contributed by atoms with Crippen LogP contribution in [0.15, 0.2) is 0 Å². The highest BCUT2D eigenvalue weighted by atomic mass is 32.2. The van der Waals surface area contributed by atoms with Crippen molar-refractivity contribution in [3.63, 3.8) is 0 Å². The van der Waals surface area contributed by atoms with Crippen LogP contribution >= 0.6 is 11.8 Å². The normalized spacial score (nSPS) is 30.4. The van der Waals surface area contributed by atoms with Gasteiger partial charge >= 0.3 is 5.97 Å². The van der Waals surface area contributed by atoms with Gasteiger partial charge in [0.1, 0.15) is 12.1 Å². The van der Waals surface area contributed by atoms with Crippen LogP contribution in [0.3, 0.4) is 0 Å². The minimum absolute atomic E-state index is 0.148. The summed E-state index contributed by atoms with van der Waals surface area (Å²) < 4.78 is 5.31. The average Bonchev–Trinajstić information content (AvgIpc) is 2.81. The van der Waals surface area contributed by atoms with Crippen LogP contribution in [0.5, 0.6) is 0 Å². The van der Waals surface area contributed by atoms with Crippen molar-refractivity contribution in [1.29, 1.82) is 0 Å². The molecule has 2 atom stereocenters. The smallest absolute Gasteiger partial charge is 0.327 e. The maximum absolute atomic E-state index is 12.0. The fourth-order valence-electron chi connectivity index (χ4n) is 2.03. The lowest BCUT2D eigenvalue weighted by Gasteiger charge is -2.34. The Hall–Kier alpha value is -0.750. The third-order valence-corrected chi connectivity index (χ3v) is 3.92. The van der Waals surface area contributed by atoms with Crippen LogP contribution in [0.25, 0.3) is 0 Å². The molecule has 1 unspecified atom stereocenters. The Kier molecular flexibility index (Phi) is 3.70. The zero-order chi connectivity index (χ0) is 11.5. The summed E-state index contributed by atoms with van der Waals surface area (Å²) in [5.41, 5.74) is 0. The Bertz CT molecular complexity index is 291. The summed E-state index contributed by atoms with van der Waals surface area (Å²) in [6.45, 7) is 1.12. The number of aliphatic carboxylic acids is 1. The molecule has 2 aliphatic heterocycles. The molecule has 0 saturated carbocycles. The molecule has 0 aromatic rings. The Labute approximate surface area is 98.1 Å². The molecule has 6 heteroatoms. The van der Waals surface area contributed by atoms with Gasteiger partial charge in [0.25, 0.3) is 5.91 Å². The van der Waals surface area contributed by atoms with Crippen molar-refractivity contribution in [1.82, 2.24) is 4.90 Å². The van der Waals surface area contributed by atoms with Gasteiger partial charge in [0, 0.05) is 24.7 Å². The van der Waals surface area contributed by atoms with Gasteiger partial charge in [-0.25, -0.2) is 4.79 Å². The summed E-state index contributed by atoms with van der Waals surface area (Å²) in [6.07, 6.45) is 1.19. The van der Waals surface area contributed by atoms with Crippen molar-refractivity contribution in [3.8, 4) is 0 Å². The third-order valence-electron chi connectivity index (χ3n) is 2.90. The number of ether oxygens (including phenoxy) is 1. The molecule has 0 bridgehead atoms. The fraction of sp³-hybridized carbons (Fsp3) is 0.800. The molecular weight excluding hydrogens is 230 g/mol. The first-order chi connectivity index (χ1) is 7.70. The van der Waals surface area contributed by atoms with E-state index >= 15 is 0 Å².